The van der Waals surface area contributed by atoms with Crippen molar-refractivity contribution in [1.82, 2.24) is 5.32 Å². The molecule has 0 radical (unpaired) electrons. The molecule has 1 N–H and O–H groups in total. The van der Waals surface area contributed by atoms with Crippen LogP contribution in [0.15, 0.2) is 24.3 Å². The van der Waals surface area contributed by atoms with E-state index in [0.717, 1.165) is 18.4 Å². The fraction of sp³-hybridized carbons (Fsp3) is 0.588. The van der Waals surface area contributed by atoms with E-state index < -0.39 is 0 Å². The van der Waals surface area contributed by atoms with Gasteiger partial charge in [-0.25, -0.2) is 4.39 Å². The Morgan fingerprint density at radius 2 is 1.71 bits per heavy atom. The Morgan fingerprint density at radius 3 is 2.00 bits per heavy atom. The van der Waals surface area contributed by atoms with Gasteiger partial charge in [-0.1, -0.05) is 45.4 Å². The van der Waals surface area contributed by atoms with Gasteiger partial charge in [0.15, 0.2) is 0 Å². The Kier molecular flexibility index (Phi) is 24.5. The lowest BCUT2D eigenvalue weighted by atomic mass is 10.1. The van der Waals surface area contributed by atoms with Crippen LogP contribution in [-0.2, 0) is 16.0 Å². The van der Waals surface area contributed by atoms with Crippen LogP contribution in [0.2, 0.25) is 0 Å². The summed E-state index contributed by atoms with van der Waals surface area (Å²) in [4.78, 5) is 9.50. The second-order valence-electron chi connectivity index (χ2n) is 4.19. The predicted octanol–water partition coefficient (Wildman–Crippen LogP) is 4.21. The number of rotatable bonds is 4. The van der Waals surface area contributed by atoms with Crippen molar-refractivity contribution >= 4 is 6.41 Å². The number of benzene rings is 1. The first-order valence-corrected chi connectivity index (χ1v) is 7.36. The lowest BCUT2D eigenvalue weighted by Gasteiger charge is -1.97. The van der Waals surface area contributed by atoms with Gasteiger partial charge in [0.25, 0.3) is 0 Å². The Bertz CT molecular complexity index is 317. The smallest absolute Gasteiger partial charge is 0.207 e. The summed E-state index contributed by atoms with van der Waals surface area (Å²) in [7, 11) is 3.25. The normalized spacial score (nSPS) is 8.24. The van der Waals surface area contributed by atoms with E-state index in [0.29, 0.717) is 6.41 Å². The number of nitrogens with one attached hydrogen (secondary N) is 1. The number of amides is 1. The summed E-state index contributed by atoms with van der Waals surface area (Å²) >= 11 is 0. The van der Waals surface area contributed by atoms with Crippen LogP contribution < -0.4 is 5.32 Å². The minimum atomic E-state index is -0.0793. The van der Waals surface area contributed by atoms with Crippen LogP contribution in [0.3, 0.4) is 0 Å². The van der Waals surface area contributed by atoms with Crippen LogP contribution in [0.1, 0.15) is 46.6 Å². The van der Waals surface area contributed by atoms with Crippen molar-refractivity contribution in [2.24, 2.45) is 0 Å². The van der Waals surface area contributed by atoms with Gasteiger partial charge < -0.3 is 10.1 Å². The van der Waals surface area contributed by atoms with E-state index in [2.05, 4.69) is 10.1 Å². The van der Waals surface area contributed by atoms with Gasteiger partial charge in [-0.05, 0) is 31.9 Å². The number of methoxy groups -OCH3 is 1. The topological polar surface area (TPSA) is 38.3 Å². The zero-order chi connectivity index (χ0) is 17.1. The maximum atomic E-state index is 12.8. The number of ether oxygens (including phenoxy) is 1. The van der Waals surface area contributed by atoms with Crippen LogP contribution in [-0.4, -0.2) is 26.7 Å². The lowest BCUT2D eigenvalue weighted by Crippen LogP contribution is -2.19. The molecule has 0 unspecified atom stereocenters. The van der Waals surface area contributed by atoms with E-state index >= 15 is 0 Å². The number of aryl methyl sites for hydroxylation is 1. The van der Waals surface area contributed by atoms with Gasteiger partial charge in [0.05, 0.1) is 0 Å². The molecule has 0 saturated heterocycles. The first-order chi connectivity index (χ1) is 10.0. The number of carbonyl (C=O) groups is 1. The molecule has 0 bridgehead atoms. The second kappa shape index (κ2) is 20.9. The molecule has 0 aromatic heterocycles. The molecule has 0 atom stereocenters. The molecule has 0 heterocycles. The molecule has 0 saturated carbocycles. The van der Waals surface area contributed by atoms with Gasteiger partial charge in [-0.3, -0.25) is 4.79 Å². The SMILES string of the molecule is CC.CC(C)NC=O.CCCc1ccccc1F.COC. The lowest BCUT2D eigenvalue weighted by molar-refractivity contribution is -0.109. The summed E-state index contributed by atoms with van der Waals surface area (Å²) in [5, 5.41) is 2.53. The van der Waals surface area contributed by atoms with Crippen LogP contribution in [0, 0.1) is 5.82 Å². The third-order valence-electron chi connectivity index (χ3n) is 1.88. The molecule has 0 fully saturated rings. The van der Waals surface area contributed by atoms with Crippen LogP contribution in [0.4, 0.5) is 4.39 Å². The Morgan fingerprint density at radius 1 is 1.24 bits per heavy atom. The maximum Gasteiger partial charge on any atom is 0.207 e. The Balaban J connectivity index is -0.000000253. The highest BCUT2D eigenvalue weighted by Crippen LogP contribution is 2.07. The number of hydrogen-bond acceptors (Lipinski definition) is 2. The third-order valence-corrected chi connectivity index (χ3v) is 1.88. The van der Waals surface area contributed by atoms with Crippen molar-refractivity contribution in [3.8, 4) is 0 Å². The van der Waals surface area contributed by atoms with Gasteiger partial charge in [-0.2, -0.15) is 0 Å². The molecule has 1 aromatic rings. The van der Waals surface area contributed by atoms with E-state index in [9.17, 15) is 9.18 Å². The summed E-state index contributed by atoms with van der Waals surface area (Å²) in [6, 6.07) is 7.20. The van der Waals surface area contributed by atoms with Crippen molar-refractivity contribution in [2.75, 3.05) is 14.2 Å². The van der Waals surface area contributed by atoms with E-state index in [1.54, 1.807) is 20.3 Å². The zero-order valence-electron chi connectivity index (χ0n) is 14.6. The maximum absolute atomic E-state index is 12.8. The Labute approximate surface area is 129 Å². The minimum Gasteiger partial charge on any atom is -0.388 e. The van der Waals surface area contributed by atoms with Crippen LogP contribution in [0.25, 0.3) is 0 Å². The molecule has 0 aliphatic carbocycles. The van der Waals surface area contributed by atoms with Crippen LogP contribution in [0.5, 0.6) is 0 Å². The molecule has 1 aromatic carbocycles. The van der Waals surface area contributed by atoms with Crippen molar-refractivity contribution in [3.05, 3.63) is 35.6 Å². The summed E-state index contributed by atoms with van der Waals surface area (Å²) in [5.74, 6) is -0.0793. The highest BCUT2D eigenvalue weighted by Gasteiger charge is 1.96. The summed E-state index contributed by atoms with van der Waals surface area (Å²) in [6.07, 6.45) is 2.54. The second-order valence-corrected chi connectivity index (χ2v) is 4.19. The van der Waals surface area contributed by atoms with E-state index in [1.807, 2.05) is 46.8 Å². The summed E-state index contributed by atoms with van der Waals surface area (Å²) in [5.41, 5.74) is 0.824. The molecule has 1 rings (SSSR count). The number of carbonyl (C=O) groups excluding carboxylic acids is 1. The standard InChI is InChI=1S/C9H11F.C4H9NO.C2H6O.C2H6/c1-2-5-8-6-3-4-7-9(8)10;1-4(2)5-3-6;1-3-2;1-2/h3-4,6-7H,2,5H2,1H3;3-4H,1-2H3,(H,5,6);1-2H3;1-2H3. The van der Waals surface area contributed by atoms with E-state index in [-0.39, 0.29) is 11.9 Å². The van der Waals surface area contributed by atoms with Crippen molar-refractivity contribution in [3.63, 3.8) is 0 Å². The van der Waals surface area contributed by atoms with E-state index in [4.69, 9.17) is 0 Å². The molecule has 3 nitrogen and oxygen atoms in total. The summed E-state index contributed by atoms with van der Waals surface area (Å²) in [6.45, 7) is 9.87. The molecular formula is C17H32FNO2. The molecule has 4 heteroatoms. The van der Waals surface area contributed by atoms with E-state index in [1.165, 1.54) is 6.07 Å². The van der Waals surface area contributed by atoms with Gasteiger partial charge in [0.2, 0.25) is 6.41 Å². The zero-order valence-corrected chi connectivity index (χ0v) is 14.6. The van der Waals surface area contributed by atoms with Gasteiger partial charge in [0, 0.05) is 20.3 Å². The van der Waals surface area contributed by atoms with Gasteiger partial charge >= 0.3 is 0 Å². The average Bonchev–Trinajstić information content (AvgIpc) is 2.45. The van der Waals surface area contributed by atoms with Gasteiger partial charge in [0.1, 0.15) is 5.82 Å². The highest BCUT2D eigenvalue weighted by atomic mass is 19.1. The van der Waals surface area contributed by atoms with Gasteiger partial charge in [-0.15, -0.1) is 0 Å². The molecule has 21 heavy (non-hydrogen) atoms. The number of halogens is 1. The monoisotopic (exact) mass is 301 g/mol. The molecule has 0 aliphatic heterocycles. The third kappa shape index (κ3) is 21.0. The quantitative estimate of drug-likeness (QED) is 0.846. The molecule has 0 spiro atoms. The fourth-order valence-electron chi connectivity index (χ4n) is 1.11. The minimum absolute atomic E-state index is 0.0793. The van der Waals surface area contributed by atoms with Crippen LogP contribution >= 0.6 is 0 Å². The molecule has 0 aliphatic rings. The first-order valence-electron chi connectivity index (χ1n) is 7.36. The molecule has 1 amide bonds. The number of hydrogen-bond donors (Lipinski definition) is 1. The van der Waals surface area contributed by atoms with Crippen molar-refractivity contribution in [1.29, 1.82) is 0 Å². The fourth-order valence-corrected chi connectivity index (χ4v) is 1.11. The Hall–Kier alpha value is -1.42. The molecular weight excluding hydrogens is 269 g/mol. The van der Waals surface area contributed by atoms with Crippen molar-refractivity contribution < 1.29 is 13.9 Å². The average molecular weight is 301 g/mol. The molecule has 124 valence electrons. The summed E-state index contributed by atoms with van der Waals surface area (Å²) < 4.78 is 17.0. The predicted molar refractivity (Wildman–Crippen MR) is 89.0 cm³/mol. The van der Waals surface area contributed by atoms with Crippen molar-refractivity contribution in [2.45, 2.75) is 53.5 Å². The highest BCUT2D eigenvalue weighted by molar-refractivity contribution is 5.46. The largest absolute Gasteiger partial charge is 0.388 e. The first kappa shape index (κ1) is 24.6.